The molecular weight excluding hydrogens is 294 g/mol. The van der Waals surface area contributed by atoms with Crippen LogP contribution in [0.15, 0.2) is 18.2 Å². The normalized spacial score (nSPS) is 25.4. The van der Waals surface area contributed by atoms with Crippen LogP contribution in [0.1, 0.15) is 43.0 Å². The Labute approximate surface area is 127 Å². The first-order valence-corrected chi connectivity index (χ1v) is 7.33. The van der Waals surface area contributed by atoms with E-state index in [1.165, 1.54) is 12.1 Å². The maximum Gasteiger partial charge on any atom is 0.255 e. The van der Waals surface area contributed by atoms with E-state index in [-0.39, 0.29) is 10.6 Å². The summed E-state index contributed by atoms with van der Waals surface area (Å²) in [7, 11) is 0. The molecule has 0 unspecified atom stereocenters. The summed E-state index contributed by atoms with van der Waals surface area (Å²) in [5.41, 5.74) is 4.65. The number of halogens is 2. The zero-order valence-corrected chi connectivity index (χ0v) is 12.6. The molecule has 1 fully saturated rings. The molecule has 0 radical (unpaired) electrons. The van der Waals surface area contributed by atoms with Gasteiger partial charge in [0.15, 0.2) is 11.6 Å². The van der Waals surface area contributed by atoms with Gasteiger partial charge in [-0.25, -0.2) is 8.78 Å². The summed E-state index contributed by atoms with van der Waals surface area (Å²) < 4.78 is 26.9. The third-order valence-electron chi connectivity index (χ3n) is 4.15. The Balaban J connectivity index is 2.23. The number of thiocarbonyl (C=S) groups is 1. The lowest BCUT2D eigenvalue weighted by atomic mass is 9.77. The molecule has 0 bridgehead atoms. The molecule has 1 aromatic carbocycles. The molecule has 0 aliphatic heterocycles. The van der Waals surface area contributed by atoms with Crippen molar-refractivity contribution in [2.24, 2.45) is 11.7 Å². The van der Waals surface area contributed by atoms with Gasteiger partial charge in [-0.3, -0.25) is 4.79 Å². The van der Waals surface area contributed by atoms with Gasteiger partial charge in [-0.15, -0.1) is 0 Å². The molecule has 0 heterocycles. The fraction of sp³-hybridized carbons (Fsp3) is 0.467. The minimum absolute atomic E-state index is 0.194. The fourth-order valence-electron chi connectivity index (χ4n) is 2.65. The molecule has 1 aliphatic rings. The first-order valence-electron chi connectivity index (χ1n) is 6.92. The third-order valence-corrected chi connectivity index (χ3v) is 4.54. The van der Waals surface area contributed by atoms with Gasteiger partial charge in [-0.2, -0.15) is 0 Å². The molecule has 0 aromatic heterocycles. The van der Waals surface area contributed by atoms with Gasteiger partial charge in [0.1, 0.15) is 0 Å². The van der Waals surface area contributed by atoms with Crippen LogP contribution in [0.2, 0.25) is 0 Å². The molecule has 1 aromatic rings. The van der Waals surface area contributed by atoms with E-state index in [4.69, 9.17) is 18.0 Å². The molecule has 1 aliphatic carbocycles. The van der Waals surface area contributed by atoms with Gasteiger partial charge in [0, 0.05) is 0 Å². The van der Waals surface area contributed by atoms with Crippen molar-refractivity contribution < 1.29 is 13.6 Å². The highest BCUT2D eigenvalue weighted by molar-refractivity contribution is 7.80. The van der Waals surface area contributed by atoms with Gasteiger partial charge in [0.25, 0.3) is 5.91 Å². The van der Waals surface area contributed by atoms with Crippen LogP contribution < -0.4 is 11.1 Å². The third kappa shape index (κ3) is 3.20. The van der Waals surface area contributed by atoms with Crippen LogP contribution in [0.5, 0.6) is 0 Å². The average molecular weight is 312 g/mol. The van der Waals surface area contributed by atoms with Gasteiger partial charge < -0.3 is 11.1 Å². The van der Waals surface area contributed by atoms with Crippen molar-refractivity contribution in [3.63, 3.8) is 0 Å². The number of rotatable bonds is 3. The summed E-state index contributed by atoms with van der Waals surface area (Å²) in [5, 5.41) is 2.72. The standard InChI is InChI=1S/C15H18F2N2OS/c1-9-5-7-15(8-6-9,14(18)21)19-13(20)10-3-2-4-11(16)12(10)17/h2-4,9H,5-8H2,1H3,(H2,18,21)(H,19,20). The average Bonchev–Trinajstić information content (AvgIpc) is 2.44. The summed E-state index contributed by atoms with van der Waals surface area (Å²) in [6.45, 7) is 2.12. The lowest BCUT2D eigenvalue weighted by Gasteiger charge is -2.39. The van der Waals surface area contributed by atoms with Gasteiger partial charge in [-0.1, -0.05) is 25.2 Å². The Bertz CT molecular complexity index is 569. The number of carbonyl (C=O) groups excluding carboxylic acids is 1. The van der Waals surface area contributed by atoms with Crippen molar-refractivity contribution in [1.29, 1.82) is 0 Å². The monoisotopic (exact) mass is 312 g/mol. The maximum absolute atomic E-state index is 13.7. The molecular formula is C15H18F2N2OS. The first-order chi connectivity index (χ1) is 9.85. The minimum atomic E-state index is -1.16. The lowest BCUT2D eigenvalue weighted by molar-refractivity contribution is 0.0895. The highest BCUT2D eigenvalue weighted by atomic mass is 32.1. The number of hydrogen-bond donors (Lipinski definition) is 2. The number of benzene rings is 1. The summed E-state index contributed by atoms with van der Waals surface area (Å²) in [4.78, 5) is 12.4. The van der Waals surface area contributed by atoms with Crippen LogP contribution in [0.4, 0.5) is 8.78 Å². The van der Waals surface area contributed by atoms with Crippen LogP contribution in [-0.4, -0.2) is 16.4 Å². The highest BCUT2D eigenvalue weighted by Gasteiger charge is 2.38. The quantitative estimate of drug-likeness (QED) is 0.844. The minimum Gasteiger partial charge on any atom is -0.391 e. The summed E-state index contributed by atoms with van der Waals surface area (Å²) >= 11 is 5.09. The van der Waals surface area contributed by atoms with Crippen LogP contribution in [0.25, 0.3) is 0 Å². The van der Waals surface area contributed by atoms with Crippen molar-refractivity contribution >= 4 is 23.1 Å². The second-order valence-electron chi connectivity index (χ2n) is 5.68. The van der Waals surface area contributed by atoms with Gasteiger partial charge in [0.05, 0.1) is 16.1 Å². The van der Waals surface area contributed by atoms with Crippen molar-refractivity contribution in [3.8, 4) is 0 Å². The number of nitrogens with one attached hydrogen (secondary N) is 1. The van der Waals surface area contributed by atoms with E-state index in [0.29, 0.717) is 18.8 Å². The Hall–Kier alpha value is -1.56. The highest BCUT2D eigenvalue weighted by Crippen LogP contribution is 2.32. The zero-order valence-electron chi connectivity index (χ0n) is 11.8. The van der Waals surface area contributed by atoms with Crippen LogP contribution in [0.3, 0.4) is 0 Å². The summed E-state index contributed by atoms with van der Waals surface area (Å²) in [6.07, 6.45) is 2.99. The maximum atomic E-state index is 13.7. The van der Waals surface area contributed by atoms with Crippen LogP contribution in [-0.2, 0) is 0 Å². The van der Waals surface area contributed by atoms with Crippen molar-refractivity contribution in [2.45, 2.75) is 38.1 Å². The summed E-state index contributed by atoms with van der Waals surface area (Å²) in [5.74, 6) is -2.36. The number of hydrogen-bond acceptors (Lipinski definition) is 2. The SMILES string of the molecule is CC1CCC(NC(=O)c2cccc(F)c2F)(C(N)=S)CC1. The molecule has 3 nitrogen and oxygen atoms in total. The van der Waals surface area contributed by atoms with E-state index in [2.05, 4.69) is 12.2 Å². The van der Waals surface area contributed by atoms with Crippen LogP contribution in [0, 0.1) is 17.6 Å². The molecule has 1 saturated carbocycles. The summed E-state index contributed by atoms with van der Waals surface area (Å²) in [6, 6.07) is 3.51. The molecule has 0 saturated heterocycles. The second kappa shape index (κ2) is 6.05. The fourth-order valence-corrected chi connectivity index (χ4v) is 2.91. The number of carbonyl (C=O) groups is 1. The van der Waals surface area contributed by atoms with E-state index >= 15 is 0 Å². The Morgan fingerprint density at radius 1 is 1.38 bits per heavy atom. The Kier molecular flexibility index (Phi) is 4.56. The van der Waals surface area contributed by atoms with Crippen molar-refractivity contribution in [1.82, 2.24) is 5.32 Å². The van der Waals surface area contributed by atoms with Gasteiger partial charge in [-0.05, 0) is 43.7 Å². The Morgan fingerprint density at radius 3 is 2.57 bits per heavy atom. The van der Waals surface area contributed by atoms with E-state index in [0.717, 1.165) is 18.9 Å². The van der Waals surface area contributed by atoms with Gasteiger partial charge in [0.2, 0.25) is 0 Å². The number of amides is 1. The largest absolute Gasteiger partial charge is 0.391 e. The zero-order chi connectivity index (χ0) is 15.6. The Morgan fingerprint density at radius 2 is 2.00 bits per heavy atom. The van der Waals surface area contributed by atoms with Crippen molar-refractivity contribution in [2.75, 3.05) is 0 Å². The van der Waals surface area contributed by atoms with Crippen LogP contribution >= 0.6 is 12.2 Å². The molecule has 21 heavy (non-hydrogen) atoms. The molecule has 6 heteroatoms. The molecule has 1 amide bonds. The predicted octanol–water partition coefficient (Wildman–Crippen LogP) is 2.93. The predicted molar refractivity (Wildman–Crippen MR) is 81.0 cm³/mol. The van der Waals surface area contributed by atoms with E-state index in [1.807, 2.05) is 0 Å². The molecule has 0 atom stereocenters. The van der Waals surface area contributed by atoms with E-state index in [9.17, 15) is 13.6 Å². The molecule has 114 valence electrons. The van der Waals surface area contributed by atoms with E-state index in [1.54, 1.807) is 0 Å². The lowest BCUT2D eigenvalue weighted by Crippen LogP contribution is -2.58. The topological polar surface area (TPSA) is 55.1 Å². The molecule has 3 N–H and O–H groups in total. The number of nitrogens with two attached hydrogens (primary N) is 1. The second-order valence-corrected chi connectivity index (χ2v) is 6.12. The van der Waals surface area contributed by atoms with Gasteiger partial charge >= 0.3 is 0 Å². The van der Waals surface area contributed by atoms with E-state index < -0.39 is 23.1 Å². The molecule has 2 rings (SSSR count). The molecule has 0 spiro atoms. The smallest absolute Gasteiger partial charge is 0.255 e. The van der Waals surface area contributed by atoms with Crippen molar-refractivity contribution in [3.05, 3.63) is 35.4 Å². The first kappa shape index (κ1) is 15.8.